The van der Waals surface area contributed by atoms with Crippen LogP contribution in [0.15, 0.2) is 90.0 Å². The molecule has 1 saturated heterocycles. The largest absolute Gasteiger partial charge is 0.497 e. The van der Waals surface area contributed by atoms with Crippen LogP contribution in [0.4, 0.5) is 5.95 Å². The van der Waals surface area contributed by atoms with Crippen LogP contribution in [0.1, 0.15) is 56.0 Å². The van der Waals surface area contributed by atoms with Gasteiger partial charge in [-0.05, 0) is 41.0 Å². The zero-order valence-corrected chi connectivity index (χ0v) is 30.2. The minimum atomic E-state index is -1.22. The number of aromatic nitrogens is 4. The smallest absolute Gasteiger partial charge is 0.306 e. The normalized spacial score (nSPS) is 17.0. The lowest BCUT2D eigenvalue weighted by molar-refractivity contribution is -0.157. The molecular weight excluding hydrogens is 698 g/mol. The minimum Gasteiger partial charge on any atom is -0.497 e. The number of hydrogen-bond acceptors (Lipinski definition) is 11. The summed E-state index contributed by atoms with van der Waals surface area (Å²) in [6.45, 7) is 3.30. The minimum absolute atomic E-state index is 0.0120. The molecular formula is C39H41N5O10. The Morgan fingerprint density at radius 3 is 2.13 bits per heavy atom. The van der Waals surface area contributed by atoms with Gasteiger partial charge in [-0.15, -0.1) is 0 Å². The maximum absolute atomic E-state index is 13.0. The van der Waals surface area contributed by atoms with E-state index >= 15 is 0 Å². The van der Waals surface area contributed by atoms with Gasteiger partial charge in [0.15, 0.2) is 11.2 Å². The number of imidazole rings is 1. The number of carbonyl (C=O) groups excluding carboxylic acids is 2. The summed E-state index contributed by atoms with van der Waals surface area (Å²) in [5.74, 6) is -1.34. The van der Waals surface area contributed by atoms with Crippen molar-refractivity contribution < 1.29 is 43.2 Å². The lowest BCUT2D eigenvalue weighted by Crippen LogP contribution is -2.39. The quantitative estimate of drug-likeness (QED) is 0.0983. The van der Waals surface area contributed by atoms with Crippen LogP contribution in [-0.2, 0) is 34.2 Å². The van der Waals surface area contributed by atoms with Crippen LogP contribution in [-0.4, -0.2) is 75.5 Å². The maximum atomic E-state index is 13.0. The molecule has 0 unspecified atom stereocenters. The molecule has 0 spiro atoms. The van der Waals surface area contributed by atoms with Crippen molar-refractivity contribution in [3.8, 4) is 11.5 Å². The van der Waals surface area contributed by atoms with E-state index < -0.39 is 48.0 Å². The molecule has 1 fully saturated rings. The molecule has 282 valence electrons. The van der Waals surface area contributed by atoms with Crippen LogP contribution < -0.4 is 20.3 Å². The van der Waals surface area contributed by atoms with Crippen LogP contribution >= 0.6 is 0 Å². The zero-order valence-electron chi connectivity index (χ0n) is 30.2. The van der Waals surface area contributed by atoms with E-state index in [0.717, 1.165) is 16.7 Å². The molecule has 0 radical (unpaired) electrons. The van der Waals surface area contributed by atoms with Crippen LogP contribution in [0.25, 0.3) is 11.2 Å². The van der Waals surface area contributed by atoms with Crippen molar-refractivity contribution in [2.75, 3.05) is 26.1 Å². The summed E-state index contributed by atoms with van der Waals surface area (Å²) in [5.41, 5.74) is 0.685. The number of esters is 1. The average molecular weight is 740 g/mol. The molecule has 2 aromatic heterocycles. The molecule has 15 heteroatoms. The predicted molar refractivity (Wildman–Crippen MR) is 195 cm³/mol. The molecule has 0 aliphatic carbocycles. The van der Waals surface area contributed by atoms with Gasteiger partial charge in [0.1, 0.15) is 35.5 Å². The Bertz CT molecular complexity index is 2100. The molecule has 6 rings (SSSR count). The highest BCUT2D eigenvalue weighted by Gasteiger charge is 2.44. The fraction of sp³-hybridized carbons (Fsp3) is 0.333. The fourth-order valence-corrected chi connectivity index (χ4v) is 6.32. The van der Waals surface area contributed by atoms with Crippen molar-refractivity contribution in [2.45, 2.75) is 57.1 Å². The van der Waals surface area contributed by atoms with Gasteiger partial charge in [0.2, 0.25) is 11.9 Å². The van der Waals surface area contributed by atoms with Crippen molar-refractivity contribution in [1.29, 1.82) is 0 Å². The number of nitrogens with one attached hydrogen (secondary N) is 2. The average Bonchev–Trinajstić information content (AvgIpc) is 3.79. The lowest BCUT2D eigenvalue weighted by atomic mass is 9.80. The molecule has 15 nitrogen and oxygen atoms in total. The summed E-state index contributed by atoms with van der Waals surface area (Å²) in [6, 6.07) is 24.6. The van der Waals surface area contributed by atoms with Gasteiger partial charge in [-0.3, -0.25) is 34.0 Å². The van der Waals surface area contributed by atoms with Crippen molar-refractivity contribution in [1.82, 2.24) is 19.5 Å². The van der Waals surface area contributed by atoms with Gasteiger partial charge in [-0.2, -0.15) is 4.98 Å². The standard InChI is InChI=1S/C39H41N5O10/c1-23(2)36(48)42-38-41-35-34(37(49)43-38)40-22-44(35)31-20-29(54-33(47)19-18-32(45)46)30(53-31)21-52-39(24-8-6-5-7-9-24,25-10-14-27(50-3)15-11-25)26-12-16-28(51-4)17-13-26/h5-17,22-23,29-31H,18-21H2,1-4H3,(H,45,46)(H2,41,42,43,48,49)/t29-,30+,31-/m1/s1. The Kier molecular flexibility index (Phi) is 11.4. The number of nitrogens with zero attached hydrogens (tertiary/aromatic N) is 3. The fourth-order valence-electron chi connectivity index (χ4n) is 6.32. The van der Waals surface area contributed by atoms with Crippen molar-refractivity contribution >= 4 is 35.0 Å². The number of amides is 1. The Labute approximate surface area is 310 Å². The number of aromatic amines is 1. The number of hydrogen-bond donors (Lipinski definition) is 3. The summed E-state index contributed by atoms with van der Waals surface area (Å²) in [6.07, 6.45) is -1.92. The first-order chi connectivity index (χ1) is 26.0. The van der Waals surface area contributed by atoms with Crippen molar-refractivity contribution in [3.63, 3.8) is 0 Å². The Morgan fingerprint density at radius 2 is 1.56 bits per heavy atom. The van der Waals surface area contributed by atoms with Gasteiger partial charge in [0, 0.05) is 12.3 Å². The number of aliphatic carboxylic acids is 1. The number of carboxylic acids is 1. The van der Waals surface area contributed by atoms with Gasteiger partial charge in [-0.25, -0.2) is 4.98 Å². The molecule has 0 bridgehead atoms. The summed E-state index contributed by atoms with van der Waals surface area (Å²) >= 11 is 0. The molecule has 1 aliphatic rings. The number of rotatable bonds is 15. The number of benzene rings is 3. The molecule has 54 heavy (non-hydrogen) atoms. The highest BCUT2D eigenvalue weighted by molar-refractivity contribution is 5.91. The first-order valence-corrected chi connectivity index (χ1v) is 17.3. The number of ether oxygens (including phenoxy) is 5. The van der Waals surface area contributed by atoms with Crippen molar-refractivity contribution in [2.24, 2.45) is 5.92 Å². The van der Waals surface area contributed by atoms with E-state index in [1.807, 2.05) is 78.9 Å². The number of carbonyl (C=O) groups is 3. The Hall–Kier alpha value is -6.06. The number of fused-ring (bicyclic) bond motifs is 1. The summed E-state index contributed by atoms with van der Waals surface area (Å²) < 4.78 is 31.9. The van der Waals surface area contributed by atoms with Gasteiger partial charge in [0.05, 0.1) is 40.0 Å². The molecule has 3 atom stereocenters. The van der Waals surface area contributed by atoms with E-state index in [1.165, 1.54) is 10.9 Å². The number of methoxy groups -OCH3 is 2. The van der Waals surface area contributed by atoms with Gasteiger partial charge in [0.25, 0.3) is 5.56 Å². The monoisotopic (exact) mass is 739 g/mol. The second-order valence-corrected chi connectivity index (χ2v) is 13.0. The van der Waals surface area contributed by atoms with E-state index in [-0.39, 0.29) is 48.4 Å². The maximum Gasteiger partial charge on any atom is 0.306 e. The third kappa shape index (κ3) is 7.96. The van der Waals surface area contributed by atoms with E-state index in [0.29, 0.717) is 11.5 Å². The zero-order chi connectivity index (χ0) is 38.4. The molecule has 1 amide bonds. The van der Waals surface area contributed by atoms with E-state index in [2.05, 4.69) is 20.3 Å². The van der Waals surface area contributed by atoms with E-state index in [1.54, 1.807) is 28.1 Å². The van der Waals surface area contributed by atoms with Crippen LogP contribution in [0.5, 0.6) is 11.5 Å². The third-order valence-electron chi connectivity index (χ3n) is 9.15. The highest BCUT2D eigenvalue weighted by atomic mass is 16.6. The first kappa shape index (κ1) is 37.7. The van der Waals surface area contributed by atoms with Crippen LogP contribution in [0.2, 0.25) is 0 Å². The summed E-state index contributed by atoms with van der Waals surface area (Å²) in [7, 11) is 3.17. The highest BCUT2D eigenvalue weighted by Crippen LogP contribution is 2.43. The van der Waals surface area contributed by atoms with Gasteiger partial charge < -0.3 is 28.8 Å². The first-order valence-electron chi connectivity index (χ1n) is 17.3. The SMILES string of the molecule is COc1ccc(C(OC[C@@H]2O[C@@H](n3cnc4c(=O)[nH]c(NC(=O)C(C)C)nc43)C[C@H]2OC(=O)CCC(=O)O)(c2ccccc2)c2ccc(OC)cc2)cc1. The second-order valence-electron chi connectivity index (χ2n) is 13.0. The third-order valence-corrected chi connectivity index (χ3v) is 9.15. The van der Waals surface area contributed by atoms with Gasteiger partial charge in [-0.1, -0.05) is 68.4 Å². The Morgan fingerprint density at radius 1 is 0.944 bits per heavy atom. The van der Waals surface area contributed by atoms with Crippen LogP contribution in [0, 0.1) is 5.92 Å². The predicted octanol–water partition coefficient (Wildman–Crippen LogP) is 4.80. The van der Waals surface area contributed by atoms with Crippen LogP contribution in [0.3, 0.4) is 0 Å². The second kappa shape index (κ2) is 16.3. The number of H-pyrrole nitrogens is 1. The number of anilines is 1. The van der Waals surface area contributed by atoms with E-state index in [9.17, 15) is 24.3 Å². The molecule has 0 saturated carbocycles. The summed E-state index contributed by atoms with van der Waals surface area (Å²) in [5, 5.41) is 11.8. The molecule has 3 aromatic carbocycles. The Balaban J connectivity index is 1.39. The topological polar surface area (TPSA) is 193 Å². The molecule has 5 aromatic rings. The van der Waals surface area contributed by atoms with Crippen molar-refractivity contribution in [3.05, 3.63) is 112 Å². The molecule has 3 N–H and O–H groups in total. The molecule has 3 heterocycles. The van der Waals surface area contributed by atoms with Gasteiger partial charge >= 0.3 is 11.9 Å². The van der Waals surface area contributed by atoms with E-state index in [4.69, 9.17) is 23.7 Å². The summed E-state index contributed by atoms with van der Waals surface area (Å²) in [4.78, 5) is 60.8. The lowest BCUT2D eigenvalue weighted by Gasteiger charge is -2.37. The molecule has 1 aliphatic heterocycles. The number of carboxylic acid groups (broad SMARTS) is 1.